The fraction of sp³-hybridized carbons (Fsp3) is 0.650. The van der Waals surface area contributed by atoms with Crippen LogP contribution < -0.4 is 10.6 Å². The van der Waals surface area contributed by atoms with Gasteiger partial charge in [-0.15, -0.1) is 11.3 Å². The molecule has 4 bridgehead atoms. The van der Waals surface area contributed by atoms with Crippen LogP contribution in [0.4, 0.5) is 0 Å². The number of carbonyl (C=O) groups excluding carboxylic acids is 2. The Morgan fingerprint density at radius 3 is 2.52 bits per heavy atom. The molecular formula is C20H26N4O2S. The highest BCUT2D eigenvalue weighted by Crippen LogP contribution is 2.60. The van der Waals surface area contributed by atoms with Gasteiger partial charge in [0.15, 0.2) is 4.96 Å². The SMILES string of the molecule is O=C(CCNC(=O)C12CC3CC(CC(C3)C1)C2)NCc1cn2ccsc2n1. The normalized spacial score (nSPS) is 31.3. The van der Waals surface area contributed by atoms with Crippen LogP contribution in [0.1, 0.15) is 50.6 Å². The van der Waals surface area contributed by atoms with Gasteiger partial charge < -0.3 is 10.6 Å². The first kappa shape index (κ1) is 17.2. The van der Waals surface area contributed by atoms with E-state index in [4.69, 9.17) is 0 Å². The third kappa shape index (κ3) is 3.26. The molecule has 0 spiro atoms. The molecule has 7 heteroatoms. The maximum absolute atomic E-state index is 12.9. The van der Waals surface area contributed by atoms with Gasteiger partial charge in [-0.1, -0.05) is 0 Å². The molecule has 6 rings (SSSR count). The zero-order valence-corrected chi connectivity index (χ0v) is 16.3. The first-order valence-electron chi connectivity index (χ1n) is 10.1. The van der Waals surface area contributed by atoms with Crippen molar-refractivity contribution in [1.82, 2.24) is 20.0 Å². The minimum absolute atomic E-state index is 0.0443. The van der Waals surface area contributed by atoms with Crippen LogP contribution in [0.3, 0.4) is 0 Å². The lowest BCUT2D eigenvalue weighted by Crippen LogP contribution is -2.53. The van der Waals surface area contributed by atoms with Gasteiger partial charge in [-0.3, -0.25) is 14.0 Å². The summed E-state index contributed by atoms with van der Waals surface area (Å²) in [7, 11) is 0. The minimum atomic E-state index is -0.132. The number of imidazole rings is 1. The molecule has 2 aromatic rings. The van der Waals surface area contributed by atoms with Gasteiger partial charge in [0.2, 0.25) is 11.8 Å². The number of nitrogens with one attached hydrogen (secondary N) is 2. The van der Waals surface area contributed by atoms with E-state index in [9.17, 15) is 9.59 Å². The molecule has 0 saturated heterocycles. The van der Waals surface area contributed by atoms with Crippen molar-refractivity contribution in [2.45, 2.75) is 51.5 Å². The van der Waals surface area contributed by atoms with Crippen LogP contribution in [0.2, 0.25) is 0 Å². The van der Waals surface area contributed by atoms with Gasteiger partial charge >= 0.3 is 0 Å². The van der Waals surface area contributed by atoms with Crippen LogP contribution in [-0.4, -0.2) is 27.7 Å². The van der Waals surface area contributed by atoms with E-state index >= 15 is 0 Å². The summed E-state index contributed by atoms with van der Waals surface area (Å²) in [5.74, 6) is 2.43. The molecule has 4 aliphatic carbocycles. The number of fused-ring (bicyclic) bond motifs is 1. The van der Waals surface area contributed by atoms with Crippen molar-refractivity contribution in [3.63, 3.8) is 0 Å². The quantitative estimate of drug-likeness (QED) is 0.802. The second-order valence-electron chi connectivity index (χ2n) is 8.81. The lowest BCUT2D eigenvalue weighted by atomic mass is 9.49. The third-order valence-corrected chi connectivity index (χ3v) is 7.54. The Kier molecular flexibility index (Phi) is 4.22. The molecule has 2 N–H and O–H groups in total. The van der Waals surface area contributed by atoms with Gasteiger partial charge in [0.05, 0.1) is 12.2 Å². The predicted octanol–water partition coefficient (Wildman–Crippen LogP) is 2.73. The molecule has 0 aromatic carbocycles. The Bertz CT molecular complexity index is 807. The van der Waals surface area contributed by atoms with Crippen LogP contribution >= 0.6 is 11.3 Å². The van der Waals surface area contributed by atoms with E-state index in [0.29, 0.717) is 19.5 Å². The van der Waals surface area contributed by atoms with E-state index in [1.165, 1.54) is 19.3 Å². The lowest BCUT2D eigenvalue weighted by Gasteiger charge is -2.55. The van der Waals surface area contributed by atoms with Crippen molar-refractivity contribution < 1.29 is 9.59 Å². The molecule has 0 unspecified atom stereocenters. The maximum Gasteiger partial charge on any atom is 0.226 e. The van der Waals surface area contributed by atoms with Crippen molar-refractivity contribution >= 4 is 28.1 Å². The largest absolute Gasteiger partial charge is 0.355 e. The Balaban J connectivity index is 1.08. The van der Waals surface area contributed by atoms with Gasteiger partial charge in [0, 0.05) is 36.2 Å². The predicted molar refractivity (Wildman–Crippen MR) is 103 cm³/mol. The highest BCUT2D eigenvalue weighted by molar-refractivity contribution is 7.15. The summed E-state index contributed by atoms with van der Waals surface area (Å²) in [6.45, 7) is 0.848. The van der Waals surface area contributed by atoms with E-state index in [1.54, 1.807) is 11.3 Å². The summed E-state index contributed by atoms with van der Waals surface area (Å²) in [6, 6.07) is 0. The molecule has 6 nitrogen and oxygen atoms in total. The van der Waals surface area contributed by atoms with Crippen molar-refractivity contribution in [3.8, 4) is 0 Å². The second-order valence-corrected chi connectivity index (χ2v) is 9.68. The molecule has 2 heterocycles. The maximum atomic E-state index is 12.9. The number of thiazole rings is 1. The second kappa shape index (κ2) is 6.62. The molecule has 4 fully saturated rings. The minimum Gasteiger partial charge on any atom is -0.355 e. The average molecular weight is 387 g/mol. The Hall–Kier alpha value is -1.89. The van der Waals surface area contributed by atoms with Crippen LogP contribution in [0.25, 0.3) is 4.96 Å². The number of carbonyl (C=O) groups is 2. The summed E-state index contributed by atoms with van der Waals surface area (Å²) in [6.07, 6.45) is 11.4. The molecule has 4 saturated carbocycles. The monoisotopic (exact) mass is 386 g/mol. The van der Waals surface area contributed by atoms with E-state index in [0.717, 1.165) is 47.7 Å². The molecule has 4 aliphatic rings. The third-order valence-electron chi connectivity index (χ3n) is 6.77. The van der Waals surface area contributed by atoms with Gasteiger partial charge in [-0.05, 0) is 56.3 Å². The van der Waals surface area contributed by atoms with Crippen molar-refractivity contribution in [2.24, 2.45) is 23.2 Å². The molecule has 27 heavy (non-hydrogen) atoms. The first-order valence-corrected chi connectivity index (χ1v) is 10.9. The summed E-state index contributed by atoms with van der Waals surface area (Å²) < 4.78 is 1.96. The average Bonchev–Trinajstić information content (AvgIpc) is 3.20. The van der Waals surface area contributed by atoms with E-state index in [2.05, 4.69) is 15.6 Å². The standard InChI is InChI=1S/C20H26N4O2S/c25-17(22-11-16-12-24-3-4-27-19(24)23-16)1-2-21-18(26)20-8-13-5-14(9-20)7-15(6-13)10-20/h3-4,12-15H,1-2,5-11H2,(H,21,26)(H,22,25). The van der Waals surface area contributed by atoms with Crippen molar-refractivity contribution in [3.05, 3.63) is 23.5 Å². The van der Waals surface area contributed by atoms with Crippen molar-refractivity contribution in [1.29, 1.82) is 0 Å². The molecule has 2 aromatic heterocycles. The zero-order valence-electron chi connectivity index (χ0n) is 15.4. The lowest BCUT2D eigenvalue weighted by molar-refractivity contribution is -0.146. The topological polar surface area (TPSA) is 75.5 Å². The smallest absolute Gasteiger partial charge is 0.226 e. The van der Waals surface area contributed by atoms with E-state index in [-0.39, 0.29) is 17.2 Å². The molecule has 0 aliphatic heterocycles. The number of amides is 2. The molecule has 0 radical (unpaired) electrons. The summed E-state index contributed by atoms with van der Waals surface area (Å²) in [4.78, 5) is 30.4. The summed E-state index contributed by atoms with van der Waals surface area (Å²) in [5.41, 5.74) is 0.723. The molecule has 2 amide bonds. The number of rotatable bonds is 6. The fourth-order valence-electron chi connectivity index (χ4n) is 6.00. The highest BCUT2D eigenvalue weighted by atomic mass is 32.1. The summed E-state index contributed by atoms with van der Waals surface area (Å²) >= 11 is 1.57. The fourth-order valence-corrected chi connectivity index (χ4v) is 6.72. The van der Waals surface area contributed by atoms with Crippen LogP contribution in [0, 0.1) is 23.2 Å². The first-order chi connectivity index (χ1) is 13.1. The van der Waals surface area contributed by atoms with E-state index < -0.39 is 0 Å². The summed E-state index contributed by atoms with van der Waals surface area (Å²) in [5, 5.41) is 7.95. The van der Waals surface area contributed by atoms with Gasteiger partial charge in [-0.25, -0.2) is 4.98 Å². The Morgan fingerprint density at radius 1 is 1.15 bits per heavy atom. The molecular weight excluding hydrogens is 360 g/mol. The number of aromatic nitrogens is 2. The van der Waals surface area contributed by atoms with Gasteiger partial charge in [0.1, 0.15) is 0 Å². The zero-order chi connectivity index (χ0) is 18.4. The highest BCUT2D eigenvalue weighted by Gasteiger charge is 2.54. The van der Waals surface area contributed by atoms with Crippen molar-refractivity contribution in [2.75, 3.05) is 6.54 Å². The number of nitrogens with zero attached hydrogens (tertiary/aromatic N) is 2. The molecule has 0 atom stereocenters. The Labute approximate surface area is 162 Å². The number of hydrogen-bond acceptors (Lipinski definition) is 4. The van der Waals surface area contributed by atoms with Crippen LogP contribution in [0.15, 0.2) is 17.8 Å². The Morgan fingerprint density at radius 2 is 1.85 bits per heavy atom. The van der Waals surface area contributed by atoms with Gasteiger partial charge in [0.25, 0.3) is 0 Å². The van der Waals surface area contributed by atoms with Crippen LogP contribution in [-0.2, 0) is 16.1 Å². The van der Waals surface area contributed by atoms with Gasteiger partial charge in [-0.2, -0.15) is 0 Å². The van der Waals surface area contributed by atoms with E-state index in [1.807, 2.05) is 22.2 Å². The number of hydrogen-bond donors (Lipinski definition) is 2. The molecule has 144 valence electrons. The van der Waals surface area contributed by atoms with Crippen LogP contribution in [0.5, 0.6) is 0 Å².